The zero-order chi connectivity index (χ0) is 14.4. The number of hydrogen-bond donors (Lipinski definition) is 1. The van der Waals surface area contributed by atoms with Crippen LogP contribution in [0.4, 0.5) is 0 Å². The third kappa shape index (κ3) is 4.71. The van der Waals surface area contributed by atoms with E-state index in [1.165, 1.54) is 38.5 Å². The fraction of sp³-hybridized carbons (Fsp3) is 1.00. The van der Waals surface area contributed by atoms with Crippen molar-refractivity contribution in [2.75, 3.05) is 26.4 Å². The van der Waals surface area contributed by atoms with Crippen LogP contribution in [0.2, 0.25) is 0 Å². The number of ether oxygens (including phenoxy) is 2. The van der Waals surface area contributed by atoms with E-state index in [-0.39, 0.29) is 5.41 Å². The normalized spacial score (nSPS) is 32.2. The van der Waals surface area contributed by atoms with Crippen LogP contribution in [0.15, 0.2) is 0 Å². The maximum absolute atomic E-state index is 9.23. The second-order valence-corrected chi connectivity index (χ2v) is 7.39. The molecule has 0 aromatic rings. The molecule has 1 atom stereocenters. The van der Waals surface area contributed by atoms with Crippen molar-refractivity contribution in [3.8, 4) is 0 Å². The van der Waals surface area contributed by atoms with E-state index in [9.17, 15) is 5.11 Å². The van der Waals surface area contributed by atoms with Gasteiger partial charge in [-0.15, -0.1) is 0 Å². The van der Waals surface area contributed by atoms with Crippen molar-refractivity contribution in [2.45, 2.75) is 64.9 Å². The van der Waals surface area contributed by atoms with Gasteiger partial charge in [0.15, 0.2) is 0 Å². The molecule has 0 spiro atoms. The SMILES string of the molecule is CC(C)(COC[C@@H]1CCCCO1)[C@H]1CC[C@@H](CO)CC1. The summed E-state index contributed by atoms with van der Waals surface area (Å²) in [5.74, 6) is 1.27. The van der Waals surface area contributed by atoms with E-state index in [0.717, 1.165) is 32.2 Å². The maximum atomic E-state index is 9.23. The molecule has 2 fully saturated rings. The maximum Gasteiger partial charge on any atom is 0.0808 e. The third-order valence-electron chi connectivity index (χ3n) is 5.26. The first-order valence-electron chi connectivity index (χ1n) is 8.42. The Hall–Kier alpha value is -0.120. The summed E-state index contributed by atoms with van der Waals surface area (Å²) in [6, 6.07) is 0. The molecule has 1 heterocycles. The first-order valence-corrected chi connectivity index (χ1v) is 8.42. The zero-order valence-electron chi connectivity index (χ0n) is 13.3. The molecule has 2 aliphatic rings. The molecule has 0 aromatic heterocycles. The molecule has 3 nitrogen and oxygen atoms in total. The lowest BCUT2D eigenvalue weighted by molar-refractivity contribution is -0.0660. The molecule has 20 heavy (non-hydrogen) atoms. The van der Waals surface area contributed by atoms with Gasteiger partial charge < -0.3 is 14.6 Å². The Morgan fingerprint density at radius 2 is 1.85 bits per heavy atom. The summed E-state index contributed by atoms with van der Waals surface area (Å²) in [5, 5.41) is 9.23. The smallest absolute Gasteiger partial charge is 0.0808 e. The topological polar surface area (TPSA) is 38.7 Å². The van der Waals surface area contributed by atoms with Gasteiger partial charge in [-0.05, 0) is 62.2 Å². The number of hydrogen-bond acceptors (Lipinski definition) is 3. The number of aliphatic hydroxyl groups excluding tert-OH is 1. The molecular formula is C17H32O3. The van der Waals surface area contributed by atoms with Crippen molar-refractivity contribution in [3.63, 3.8) is 0 Å². The Bertz CT molecular complexity index is 263. The van der Waals surface area contributed by atoms with Crippen molar-refractivity contribution < 1.29 is 14.6 Å². The molecule has 1 aliphatic heterocycles. The van der Waals surface area contributed by atoms with Gasteiger partial charge in [-0.2, -0.15) is 0 Å². The highest BCUT2D eigenvalue weighted by atomic mass is 16.5. The van der Waals surface area contributed by atoms with Crippen molar-refractivity contribution in [1.82, 2.24) is 0 Å². The molecule has 1 saturated heterocycles. The summed E-state index contributed by atoms with van der Waals surface area (Å²) in [7, 11) is 0. The van der Waals surface area contributed by atoms with E-state index < -0.39 is 0 Å². The molecule has 1 aliphatic carbocycles. The van der Waals surface area contributed by atoms with Gasteiger partial charge in [0.25, 0.3) is 0 Å². The van der Waals surface area contributed by atoms with Crippen LogP contribution in [0.1, 0.15) is 58.8 Å². The van der Waals surface area contributed by atoms with Crippen LogP contribution in [0.25, 0.3) is 0 Å². The van der Waals surface area contributed by atoms with E-state index in [2.05, 4.69) is 13.8 Å². The van der Waals surface area contributed by atoms with Crippen molar-refractivity contribution in [2.24, 2.45) is 17.3 Å². The lowest BCUT2D eigenvalue weighted by Gasteiger charge is -2.39. The van der Waals surface area contributed by atoms with E-state index >= 15 is 0 Å². The highest BCUT2D eigenvalue weighted by Crippen LogP contribution is 2.40. The van der Waals surface area contributed by atoms with E-state index in [4.69, 9.17) is 9.47 Å². The second kappa shape index (κ2) is 7.77. The molecule has 0 aromatic carbocycles. The first kappa shape index (κ1) is 16.3. The Kier molecular flexibility index (Phi) is 6.31. The van der Waals surface area contributed by atoms with Gasteiger partial charge in [0.05, 0.1) is 19.3 Å². The standard InChI is InChI=1S/C17H32O3/c1-17(2,15-8-6-14(11-18)7-9-15)13-19-12-16-5-3-4-10-20-16/h14-16,18H,3-13H2,1-2H3/t14-,15+,16-/m0/s1. The summed E-state index contributed by atoms with van der Waals surface area (Å²) in [5.41, 5.74) is 0.245. The Morgan fingerprint density at radius 3 is 2.45 bits per heavy atom. The molecule has 0 radical (unpaired) electrons. The van der Waals surface area contributed by atoms with Crippen molar-refractivity contribution >= 4 is 0 Å². The fourth-order valence-corrected chi connectivity index (χ4v) is 3.64. The Balaban J connectivity index is 1.67. The van der Waals surface area contributed by atoms with Crippen LogP contribution in [-0.2, 0) is 9.47 Å². The van der Waals surface area contributed by atoms with Gasteiger partial charge in [-0.25, -0.2) is 0 Å². The van der Waals surface area contributed by atoms with E-state index in [0.29, 0.717) is 18.6 Å². The summed E-state index contributed by atoms with van der Waals surface area (Å²) >= 11 is 0. The minimum atomic E-state index is 0.245. The van der Waals surface area contributed by atoms with E-state index in [1.54, 1.807) is 0 Å². The van der Waals surface area contributed by atoms with Crippen LogP contribution >= 0.6 is 0 Å². The molecular weight excluding hydrogens is 252 g/mol. The Labute approximate surface area is 124 Å². The molecule has 118 valence electrons. The van der Waals surface area contributed by atoms with Gasteiger partial charge in [0.1, 0.15) is 0 Å². The molecule has 0 bridgehead atoms. The third-order valence-corrected chi connectivity index (χ3v) is 5.26. The number of aliphatic hydroxyl groups is 1. The minimum absolute atomic E-state index is 0.245. The van der Waals surface area contributed by atoms with Crippen LogP contribution in [-0.4, -0.2) is 37.6 Å². The van der Waals surface area contributed by atoms with Gasteiger partial charge in [-0.1, -0.05) is 13.8 Å². The fourth-order valence-electron chi connectivity index (χ4n) is 3.64. The molecule has 1 N–H and O–H groups in total. The summed E-state index contributed by atoms with van der Waals surface area (Å²) in [6.45, 7) is 7.53. The van der Waals surface area contributed by atoms with Gasteiger partial charge in [-0.3, -0.25) is 0 Å². The number of rotatable bonds is 6. The highest BCUT2D eigenvalue weighted by Gasteiger charge is 2.33. The average Bonchev–Trinajstić information content (AvgIpc) is 2.48. The van der Waals surface area contributed by atoms with Crippen LogP contribution in [0.3, 0.4) is 0 Å². The molecule has 1 saturated carbocycles. The summed E-state index contributed by atoms with van der Waals surface area (Å²) in [6.07, 6.45) is 8.79. The van der Waals surface area contributed by atoms with Crippen LogP contribution in [0.5, 0.6) is 0 Å². The monoisotopic (exact) mass is 284 g/mol. The van der Waals surface area contributed by atoms with Crippen molar-refractivity contribution in [1.29, 1.82) is 0 Å². The summed E-state index contributed by atoms with van der Waals surface area (Å²) in [4.78, 5) is 0. The van der Waals surface area contributed by atoms with Gasteiger partial charge in [0, 0.05) is 13.2 Å². The largest absolute Gasteiger partial charge is 0.396 e. The van der Waals surface area contributed by atoms with Crippen LogP contribution < -0.4 is 0 Å². The first-order chi connectivity index (χ1) is 9.62. The second-order valence-electron chi connectivity index (χ2n) is 7.39. The Morgan fingerprint density at radius 1 is 1.10 bits per heavy atom. The molecule has 3 heteroatoms. The van der Waals surface area contributed by atoms with E-state index in [1.807, 2.05) is 0 Å². The predicted octanol–water partition coefficient (Wildman–Crippen LogP) is 3.40. The predicted molar refractivity (Wildman–Crippen MR) is 80.7 cm³/mol. The van der Waals surface area contributed by atoms with Crippen LogP contribution in [0, 0.1) is 17.3 Å². The highest BCUT2D eigenvalue weighted by molar-refractivity contribution is 4.83. The van der Waals surface area contributed by atoms with Gasteiger partial charge in [0.2, 0.25) is 0 Å². The van der Waals surface area contributed by atoms with Gasteiger partial charge >= 0.3 is 0 Å². The average molecular weight is 284 g/mol. The molecule has 2 rings (SSSR count). The minimum Gasteiger partial charge on any atom is -0.396 e. The molecule has 0 unspecified atom stereocenters. The molecule has 0 amide bonds. The summed E-state index contributed by atoms with van der Waals surface area (Å²) < 4.78 is 11.7. The van der Waals surface area contributed by atoms with Crippen molar-refractivity contribution in [3.05, 3.63) is 0 Å². The lowest BCUT2D eigenvalue weighted by atomic mass is 9.69. The zero-order valence-corrected chi connectivity index (χ0v) is 13.3. The lowest BCUT2D eigenvalue weighted by Crippen LogP contribution is -2.34. The quantitative estimate of drug-likeness (QED) is 0.812.